The van der Waals surface area contributed by atoms with Crippen LogP contribution in [0, 0.1) is 6.92 Å². The fraction of sp³-hybridized carbons (Fsp3) is 0.400. The summed E-state index contributed by atoms with van der Waals surface area (Å²) in [6, 6.07) is 11.4. The number of hydrogen-bond donors (Lipinski definition) is 0. The number of thiazole rings is 1. The van der Waals surface area contributed by atoms with Crippen LogP contribution in [0.1, 0.15) is 35.1 Å². The molecule has 2 heterocycles. The number of aryl methyl sites for hydroxylation is 1. The van der Waals surface area contributed by atoms with E-state index in [1.54, 1.807) is 11.3 Å². The van der Waals surface area contributed by atoms with Crippen LogP contribution in [-0.4, -0.2) is 16.4 Å². The van der Waals surface area contributed by atoms with Crippen LogP contribution in [0.3, 0.4) is 0 Å². The molecule has 3 rings (SSSR count). The molecule has 94 valence electrons. The van der Waals surface area contributed by atoms with Crippen LogP contribution in [0.5, 0.6) is 0 Å². The smallest absolute Gasteiger partial charge is 0.0897 e. The average molecular weight is 258 g/mol. The highest BCUT2D eigenvalue weighted by atomic mass is 32.1. The Bertz CT molecular complexity index is 506. The Morgan fingerprint density at radius 2 is 2.17 bits per heavy atom. The minimum absolute atomic E-state index is 0.577. The summed E-state index contributed by atoms with van der Waals surface area (Å²) in [5.74, 6) is 0. The van der Waals surface area contributed by atoms with Crippen molar-refractivity contribution in [2.45, 2.75) is 32.4 Å². The second-order valence-electron chi connectivity index (χ2n) is 4.90. The molecule has 1 aliphatic rings. The van der Waals surface area contributed by atoms with Crippen LogP contribution in [0.2, 0.25) is 0 Å². The van der Waals surface area contributed by atoms with E-state index < -0.39 is 0 Å². The second-order valence-corrected chi connectivity index (χ2v) is 5.96. The van der Waals surface area contributed by atoms with E-state index in [1.165, 1.54) is 35.7 Å². The molecule has 2 aromatic rings. The van der Waals surface area contributed by atoms with Gasteiger partial charge in [-0.3, -0.25) is 4.90 Å². The van der Waals surface area contributed by atoms with Crippen LogP contribution in [0.15, 0.2) is 35.7 Å². The molecule has 1 atom stereocenters. The van der Waals surface area contributed by atoms with Gasteiger partial charge in [0, 0.05) is 18.0 Å². The molecule has 1 aromatic heterocycles. The van der Waals surface area contributed by atoms with Crippen LogP contribution in [-0.2, 0) is 6.54 Å². The molecular formula is C15H18N2S. The number of aromatic nitrogens is 1. The highest BCUT2D eigenvalue weighted by Gasteiger charge is 2.26. The number of benzene rings is 1. The van der Waals surface area contributed by atoms with Crippen molar-refractivity contribution in [3.63, 3.8) is 0 Å². The van der Waals surface area contributed by atoms with Gasteiger partial charge in [0.15, 0.2) is 0 Å². The molecule has 2 nitrogen and oxygen atoms in total. The zero-order chi connectivity index (χ0) is 12.4. The van der Waals surface area contributed by atoms with Crippen LogP contribution in [0.25, 0.3) is 0 Å². The van der Waals surface area contributed by atoms with E-state index in [-0.39, 0.29) is 0 Å². The molecule has 0 radical (unpaired) electrons. The minimum atomic E-state index is 0.577. The lowest BCUT2D eigenvalue weighted by Crippen LogP contribution is -2.22. The topological polar surface area (TPSA) is 16.1 Å². The Morgan fingerprint density at radius 3 is 2.89 bits per heavy atom. The fourth-order valence-electron chi connectivity index (χ4n) is 2.76. The summed E-state index contributed by atoms with van der Waals surface area (Å²) in [6.07, 6.45) is 2.57. The van der Waals surface area contributed by atoms with Crippen LogP contribution in [0.4, 0.5) is 0 Å². The van der Waals surface area contributed by atoms with Gasteiger partial charge in [-0.2, -0.15) is 0 Å². The van der Waals surface area contributed by atoms with Gasteiger partial charge in [0.25, 0.3) is 0 Å². The van der Waals surface area contributed by atoms with Crippen molar-refractivity contribution in [1.29, 1.82) is 0 Å². The lowest BCUT2D eigenvalue weighted by Gasteiger charge is -2.23. The third kappa shape index (κ3) is 2.47. The summed E-state index contributed by atoms with van der Waals surface area (Å²) in [7, 11) is 0. The van der Waals surface area contributed by atoms with Gasteiger partial charge in [-0.15, -0.1) is 11.3 Å². The zero-order valence-corrected chi connectivity index (χ0v) is 11.5. The van der Waals surface area contributed by atoms with E-state index in [0.29, 0.717) is 6.04 Å². The van der Waals surface area contributed by atoms with E-state index in [9.17, 15) is 0 Å². The Balaban J connectivity index is 1.75. The summed E-state index contributed by atoms with van der Waals surface area (Å²) in [4.78, 5) is 7.14. The van der Waals surface area contributed by atoms with Gasteiger partial charge in [-0.05, 0) is 31.9 Å². The van der Waals surface area contributed by atoms with Gasteiger partial charge in [0.05, 0.1) is 10.7 Å². The average Bonchev–Trinajstić information content (AvgIpc) is 3.00. The van der Waals surface area contributed by atoms with Gasteiger partial charge in [-0.25, -0.2) is 4.98 Å². The Labute approximate surface area is 112 Å². The quantitative estimate of drug-likeness (QED) is 0.832. The van der Waals surface area contributed by atoms with E-state index in [2.05, 4.69) is 52.5 Å². The normalized spacial score (nSPS) is 20.4. The number of hydrogen-bond acceptors (Lipinski definition) is 3. The van der Waals surface area contributed by atoms with E-state index >= 15 is 0 Å². The minimum Gasteiger partial charge on any atom is -0.290 e. The highest BCUT2D eigenvalue weighted by molar-refractivity contribution is 7.09. The summed E-state index contributed by atoms with van der Waals surface area (Å²) < 4.78 is 0. The third-order valence-corrected chi connectivity index (χ3v) is 4.40. The lowest BCUT2D eigenvalue weighted by atomic mass is 10.0. The maximum Gasteiger partial charge on any atom is 0.0897 e. The molecule has 3 heteroatoms. The van der Waals surface area contributed by atoms with Gasteiger partial charge >= 0.3 is 0 Å². The maximum absolute atomic E-state index is 4.58. The molecule has 0 N–H and O–H groups in total. The second kappa shape index (κ2) is 5.21. The van der Waals surface area contributed by atoms with Crippen LogP contribution < -0.4 is 0 Å². The van der Waals surface area contributed by atoms with Gasteiger partial charge in [-0.1, -0.05) is 30.3 Å². The Morgan fingerprint density at radius 1 is 1.33 bits per heavy atom. The number of rotatable bonds is 3. The standard InChI is InChI=1S/C15H18N2S/c1-12-16-14(11-18-12)10-17-9-5-8-15(17)13-6-3-2-4-7-13/h2-4,6-7,11,15H,5,8-10H2,1H3. The first-order valence-corrected chi connectivity index (χ1v) is 7.41. The van der Waals surface area contributed by atoms with Crippen molar-refractivity contribution in [1.82, 2.24) is 9.88 Å². The number of nitrogens with zero attached hydrogens (tertiary/aromatic N) is 2. The molecule has 0 saturated carbocycles. The molecular weight excluding hydrogens is 240 g/mol. The Kier molecular flexibility index (Phi) is 3.43. The molecule has 0 bridgehead atoms. The highest BCUT2D eigenvalue weighted by Crippen LogP contribution is 2.32. The zero-order valence-electron chi connectivity index (χ0n) is 10.7. The molecule has 1 saturated heterocycles. The third-order valence-electron chi connectivity index (χ3n) is 3.58. The maximum atomic E-state index is 4.58. The van der Waals surface area contributed by atoms with E-state index in [0.717, 1.165) is 6.54 Å². The monoisotopic (exact) mass is 258 g/mol. The summed E-state index contributed by atoms with van der Waals surface area (Å²) >= 11 is 1.75. The van der Waals surface area contributed by atoms with Crippen molar-refractivity contribution >= 4 is 11.3 Å². The molecule has 1 aromatic carbocycles. The predicted octanol–water partition coefficient (Wildman–Crippen LogP) is 3.79. The molecule has 1 fully saturated rings. The van der Waals surface area contributed by atoms with Crippen molar-refractivity contribution in [3.8, 4) is 0 Å². The molecule has 18 heavy (non-hydrogen) atoms. The summed E-state index contributed by atoms with van der Waals surface area (Å²) in [6.45, 7) is 4.26. The predicted molar refractivity (Wildman–Crippen MR) is 75.7 cm³/mol. The SMILES string of the molecule is Cc1nc(CN2CCCC2c2ccccc2)cs1. The van der Waals surface area contributed by atoms with E-state index in [4.69, 9.17) is 0 Å². The summed E-state index contributed by atoms with van der Waals surface area (Å²) in [5.41, 5.74) is 2.67. The molecule has 1 aliphatic heterocycles. The van der Waals surface area contributed by atoms with Crippen molar-refractivity contribution in [2.75, 3.05) is 6.54 Å². The van der Waals surface area contributed by atoms with E-state index in [1.807, 2.05) is 0 Å². The number of likely N-dealkylation sites (tertiary alicyclic amines) is 1. The largest absolute Gasteiger partial charge is 0.290 e. The molecule has 0 amide bonds. The van der Waals surface area contributed by atoms with Crippen molar-refractivity contribution in [3.05, 3.63) is 52.0 Å². The molecule has 0 aliphatic carbocycles. The fourth-order valence-corrected chi connectivity index (χ4v) is 3.36. The van der Waals surface area contributed by atoms with Crippen molar-refractivity contribution in [2.24, 2.45) is 0 Å². The summed E-state index contributed by atoms with van der Waals surface area (Å²) in [5, 5.41) is 3.36. The van der Waals surface area contributed by atoms with Gasteiger partial charge < -0.3 is 0 Å². The molecule has 0 spiro atoms. The lowest BCUT2D eigenvalue weighted by molar-refractivity contribution is 0.246. The first kappa shape index (κ1) is 11.9. The Hall–Kier alpha value is -1.19. The first-order valence-electron chi connectivity index (χ1n) is 6.53. The molecule has 1 unspecified atom stereocenters. The van der Waals surface area contributed by atoms with Crippen molar-refractivity contribution < 1.29 is 0 Å². The van der Waals surface area contributed by atoms with Crippen LogP contribution >= 0.6 is 11.3 Å². The van der Waals surface area contributed by atoms with Gasteiger partial charge in [0.1, 0.15) is 0 Å². The van der Waals surface area contributed by atoms with Gasteiger partial charge in [0.2, 0.25) is 0 Å². The first-order chi connectivity index (χ1) is 8.83.